The molecule has 0 aliphatic rings. The van der Waals surface area contributed by atoms with Crippen LogP contribution in [0.2, 0.25) is 0 Å². The molecule has 11 nitrogen and oxygen atoms in total. The molecule has 11 heteroatoms. The number of ether oxygens (including phenoxy) is 5. The minimum atomic E-state index is -2.10. The average Bonchev–Trinajstić information content (AvgIpc) is 3.08. The fraction of sp³-hybridized carbons (Fsp3) is 0.410. The van der Waals surface area contributed by atoms with E-state index in [0.29, 0.717) is 24.0 Å². The predicted octanol–water partition coefficient (Wildman–Crippen LogP) is 7.94. The molecule has 0 spiro atoms. The number of hydrogen-bond acceptors (Lipinski definition) is 10. The lowest BCUT2D eigenvalue weighted by atomic mass is 10.0. The monoisotopic (exact) mass is 690 g/mol. The Bertz CT molecular complexity index is 1550. The standard InChI is InChI=1S/C39H46O11/c1-28(40)49-39(3,50-29(2)41)38(45)47-27-19-11-9-7-5-4-6-8-10-18-26-46-34-33(36(42)43)25-24-32(30-20-14-12-15-21-30)35(34)48-37(44)31-22-16-13-17-23-31/h12-17,20-25H,4-11,18-19,26-27H2,1-3H3,(H,42,43). The summed E-state index contributed by atoms with van der Waals surface area (Å²) in [6, 6.07) is 20.9. The first-order chi connectivity index (χ1) is 24.0. The van der Waals surface area contributed by atoms with Gasteiger partial charge in [0.15, 0.2) is 11.5 Å². The van der Waals surface area contributed by atoms with Crippen LogP contribution in [0.3, 0.4) is 0 Å². The van der Waals surface area contributed by atoms with Crippen LogP contribution >= 0.6 is 0 Å². The highest BCUT2D eigenvalue weighted by Gasteiger charge is 2.42. The first kappa shape index (κ1) is 39.3. The van der Waals surface area contributed by atoms with E-state index in [2.05, 4.69) is 0 Å². The number of benzene rings is 3. The Morgan fingerprint density at radius 3 is 1.64 bits per heavy atom. The van der Waals surface area contributed by atoms with Crippen LogP contribution in [0.4, 0.5) is 0 Å². The molecule has 0 bridgehead atoms. The first-order valence-electron chi connectivity index (χ1n) is 16.9. The zero-order valence-corrected chi connectivity index (χ0v) is 28.9. The maximum absolute atomic E-state index is 13.1. The highest BCUT2D eigenvalue weighted by Crippen LogP contribution is 2.41. The van der Waals surface area contributed by atoms with Crippen molar-refractivity contribution in [3.8, 4) is 22.6 Å². The van der Waals surface area contributed by atoms with Crippen molar-refractivity contribution in [2.75, 3.05) is 13.2 Å². The number of hydrogen-bond donors (Lipinski definition) is 1. The molecule has 0 unspecified atom stereocenters. The van der Waals surface area contributed by atoms with Gasteiger partial charge in [-0.15, -0.1) is 0 Å². The SMILES string of the molecule is CC(=O)OC(C)(OC(C)=O)C(=O)OCCCCCCCCCCCCOc1c(C(=O)O)ccc(-c2ccccc2)c1OC(=O)c1ccccc1. The molecule has 0 aliphatic carbocycles. The van der Waals surface area contributed by atoms with Gasteiger partial charge < -0.3 is 28.8 Å². The number of carboxylic acid groups (broad SMARTS) is 1. The zero-order valence-electron chi connectivity index (χ0n) is 28.9. The number of esters is 4. The van der Waals surface area contributed by atoms with Gasteiger partial charge >= 0.3 is 35.6 Å². The summed E-state index contributed by atoms with van der Waals surface area (Å²) in [6.07, 6.45) is 9.27. The molecule has 0 heterocycles. The van der Waals surface area contributed by atoms with Crippen molar-refractivity contribution in [1.82, 2.24) is 0 Å². The van der Waals surface area contributed by atoms with Crippen molar-refractivity contribution < 1.29 is 52.8 Å². The van der Waals surface area contributed by atoms with Gasteiger partial charge in [0.25, 0.3) is 0 Å². The highest BCUT2D eigenvalue weighted by atomic mass is 16.8. The molecule has 0 saturated carbocycles. The van der Waals surface area contributed by atoms with Gasteiger partial charge in [-0.25, -0.2) is 14.4 Å². The summed E-state index contributed by atoms with van der Waals surface area (Å²) >= 11 is 0. The lowest BCUT2D eigenvalue weighted by Crippen LogP contribution is -2.45. The van der Waals surface area contributed by atoms with Crippen molar-refractivity contribution in [3.05, 3.63) is 83.9 Å². The van der Waals surface area contributed by atoms with Gasteiger partial charge in [-0.05, 0) is 42.7 Å². The molecule has 268 valence electrons. The Morgan fingerprint density at radius 1 is 0.620 bits per heavy atom. The average molecular weight is 691 g/mol. The number of rotatable bonds is 21. The number of carboxylic acids is 1. The number of unbranched alkanes of at least 4 members (excludes halogenated alkanes) is 9. The normalized spacial score (nSPS) is 10.9. The summed E-state index contributed by atoms with van der Waals surface area (Å²) < 4.78 is 26.8. The topological polar surface area (TPSA) is 152 Å². The third-order valence-electron chi connectivity index (χ3n) is 7.70. The molecular formula is C39H46O11. The molecule has 0 atom stereocenters. The number of carbonyl (C=O) groups excluding carboxylic acids is 4. The summed E-state index contributed by atoms with van der Waals surface area (Å²) in [5.74, 6) is -6.25. The van der Waals surface area contributed by atoms with E-state index in [4.69, 9.17) is 23.7 Å². The molecule has 0 radical (unpaired) electrons. The second kappa shape index (κ2) is 20.4. The van der Waals surface area contributed by atoms with Crippen LogP contribution in [0.1, 0.15) is 106 Å². The summed E-state index contributed by atoms with van der Waals surface area (Å²) in [5.41, 5.74) is 1.56. The molecule has 0 amide bonds. The van der Waals surface area contributed by atoms with E-state index in [0.717, 1.165) is 70.8 Å². The van der Waals surface area contributed by atoms with E-state index < -0.39 is 35.6 Å². The van der Waals surface area contributed by atoms with Crippen LogP contribution in [0.15, 0.2) is 72.8 Å². The maximum atomic E-state index is 13.1. The van der Waals surface area contributed by atoms with Crippen molar-refractivity contribution >= 4 is 29.8 Å². The fourth-order valence-electron chi connectivity index (χ4n) is 5.29. The Morgan fingerprint density at radius 2 is 1.12 bits per heavy atom. The number of carbonyl (C=O) groups is 5. The molecule has 0 saturated heterocycles. The van der Waals surface area contributed by atoms with Crippen LogP contribution in [0.5, 0.6) is 11.5 Å². The molecule has 1 N–H and O–H groups in total. The molecule has 0 aromatic heterocycles. The van der Waals surface area contributed by atoms with Crippen molar-refractivity contribution in [2.24, 2.45) is 0 Å². The quantitative estimate of drug-likeness (QED) is 0.0502. The predicted molar refractivity (Wildman–Crippen MR) is 185 cm³/mol. The molecule has 50 heavy (non-hydrogen) atoms. The minimum Gasteiger partial charge on any atom is -0.489 e. The van der Waals surface area contributed by atoms with Crippen LogP contribution < -0.4 is 9.47 Å². The minimum absolute atomic E-state index is 0.0284. The highest BCUT2D eigenvalue weighted by molar-refractivity contribution is 5.97. The second-order valence-corrected chi connectivity index (χ2v) is 11.9. The fourth-order valence-corrected chi connectivity index (χ4v) is 5.29. The van der Waals surface area contributed by atoms with E-state index in [-0.39, 0.29) is 30.3 Å². The molecule has 3 rings (SSSR count). The summed E-state index contributed by atoms with van der Waals surface area (Å²) in [4.78, 5) is 60.1. The Labute approximate surface area is 292 Å². The van der Waals surface area contributed by atoms with Gasteiger partial charge in [-0.3, -0.25) is 9.59 Å². The summed E-state index contributed by atoms with van der Waals surface area (Å²) in [6.45, 7) is 3.78. The lowest BCUT2D eigenvalue weighted by molar-refractivity contribution is -0.232. The van der Waals surface area contributed by atoms with Crippen LogP contribution in [-0.4, -0.2) is 54.0 Å². The Balaban J connectivity index is 1.41. The molecule has 0 fully saturated rings. The van der Waals surface area contributed by atoms with Gasteiger partial charge in [-0.2, -0.15) is 0 Å². The third-order valence-corrected chi connectivity index (χ3v) is 7.70. The van der Waals surface area contributed by atoms with Gasteiger partial charge in [0.1, 0.15) is 5.56 Å². The van der Waals surface area contributed by atoms with E-state index >= 15 is 0 Å². The second-order valence-electron chi connectivity index (χ2n) is 11.9. The van der Waals surface area contributed by atoms with Gasteiger partial charge in [0.2, 0.25) is 0 Å². The molecule has 0 aliphatic heterocycles. The Hall–Kier alpha value is -5.19. The van der Waals surface area contributed by atoms with Crippen molar-refractivity contribution in [1.29, 1.82) is 0 Å². The lowest BCUT2D eigenvalue weighted by Gasteiger charge is -2.25. The smallest absolute Gasteiger partial charge is 0.392 e. The number of aromatic carboxylic acids is 1. The third kappa shape index (κ3) is 12.7. The summed E-state index contributed by atoms with van der Waals surface area (Å²) in [7, 11) is 0. The largest absolute Gasteiger partial charge is 0.489 e. The van der Waals surface area contributed by atoms with Crippen LogP contribution in [0.25, 0.3) is 11.1 Å². The van der Waals surface area contributed by atoms with E-state index in [1.165, 1.54) is 13.0 Å². The zero-order chi connectivity index (χ0) is 36.4. The van der Waals surface area contributed by atoms with Crippen LogP contribution in [0, 0.1) is 0 Å². The molecule has 3 aromatic rings. The molecule has 3 aromatic carbocycles. The Kier molecular flexibility index (Phi) is 16.0. The van der Waals surface area contributed by atoms with E-state index in [1.54, 1.807) is 36.4 Å². The van der Waals surface area contributed by atoms with Gasteiger partial charge in [0, 0.05) is 26.3 Å². The van der Waals surface area contributed by atoms with Crippen molar-refractivity contribution in [3.63, 3.8) is 0 Å². The van der Waals surface area contributed by atoms with E-state index in [1.807, 2.05) is 30.3 Å². The first-order valence-corrected chi connectivity index (χ1v) is 16.9. The molecular weight excluding hydrogens is 644 g/mol. The maximum Gasteiger partial charge on any atom is 0.392 e. The van der Waals surface area contributed by atoms with Gasteiger partial charge in [0.05, 0.1) is 18.8 Å². The van der Waals surface area contributed by atoms with Crippen LogP contribution in [-0.2, 0) is 28.6 Å². The summed E-state index contributed by atoms with van der Waals surface area (Å²) in [5, 5.41) is 9.94. The van der Waals surface area contributed by atoms with Gasteiger partial charge in [-0.1, -0.05) is 99.9 Å². The van der Waals surface area contributed by atoms with E-state index in [9.17, 15) is 29.1 Å². The van der Waals surface area contributed by atoms with Crippen molar-refractivity contribution in [2.45, 2.75) is 90.8 Å².